The smallest absolute Gasteiger partial charge is 0.260 e. The molecule has 0 aliphatic heterocycles. The second-order valence-electron chi connectivity index (χ2n) is 3.01. The van der Waals surface area contributed by atoms with Crippen molar-refractivity contribution in [1.29, 1.82) is 0 Å². The van der Waals surface area contributed by atoms with E-state index < -0.39 is 5.91 Å². The van der Waals surface area contributed by atoms with E-state index in [1.807, 2.05) is 0 Å². The molecule has 2 rings (SSSR count). The normalized spacial score (nSPS) is 10.1. The van der Waals surface area contributed by atoms with Crippen molar-refractivity contribution in [2.75, 3.05) is 5.32 Å². The van der Waals surface area contributed by atoms with Crippen LogP contribution in [0.4, 0.5) is 10.9 Å². The number of hydrogen-bond acceptors (Lipinski definition) is 6. The van der Waals surface area contributed by atoms with Crippen molar-refractivity contribution in [2.45, 2.75) is 6.92 Å². The number of amides is 1. The number of primary amides is 1. The Morgan fingerprint density at radius 3 is 2.94 bits per heavy atom. The monoisotopic (exact) mass is 235 g/mol. The number of carbonyl (C=O) groups excluding carboxylic acids is 1. The van der Waals surface area contributed by atoms with E-state index in [0.29, 0.717) is 21.7 Å². The van der Waals surface area contributed by atoms with Gasteiger partial charge in [-0.2, -0.15) is 0 Å². The predicted octanol–water partition coefficient (Wildman–Crippen LogP) is 1.08. The molecule has 2 heterocycles. The number of aryl methyl sites for hydroxylation is 1. The minimum atomic E-state index is -0.482. The Morgan fingerprint density at radius 2 is 2.31 bits per heavy atom. The lowest BCUT2D eigenvalue weighted by Gasteiger charge is -2.00. The zero-order valence-corrected chi connectivity index (χ0v) is 9.28. The maximum absolute atomic E-state index is 10.9. The average Bonchev–Trinajstić information content (AvgIpc) is 2.66. The van der Waals surface area contributed by atoms with E-state index in [1.54, 1.807) is 19.2 Å². The average molecular weight is 235 g/mol. The SMILES string of the molecule is Cc1nccc(Nc2ncc(C(N)=O)s2)n1. The first kappa shape index (κ1) is 10.5. The fourth-order valence-electron chi connectivity index (χ4n) is 1.08. The van der Waals surface area contributed by atoms with Crippen molar-refractivity contribution >= 4 is 28.2 Å². The maximum atomic E-state index is 10.9. The molecule has 16 heavy (non-hydrogen) atoms. The van der Waals surface area contributed by atoms with Crippen LogP contribution in [0.5, 0.6) is 0 Å². The van der Waals surface area contributed by atoms with E-state index in [1.165, 1.54) is 17.5 Å². The largest absolute Gasteiger partial charge is 0.365 e. The molecule has 0 aliphatic rings. The van der Waals surface area contributed by atoms with Gasteiger partial charge in [0.25, 0.3) is 5.91 Å². The zero-order valence-electron chi connectivity index (χ0n) is 8.47. The van der Waals surface area contributed by atoms with Crippen LogP contribution in [-0.4, -0.2) is 20.9 Å². The molecule has 0 unspecified atom stereocenters. The van der Waals surface area contributed by atoms with Crippen molar-refractivity contribution in [1.82, 2.24) is 15.0 Å². The molecule has 1 amide bonds. The Kier molecular flexibility index (Phi) is 2.78. The lowest BCUT2D eigenvalue weighted by atomic mass is 10.5. The summed E-state index contributed by atoms with van der Waals surface area (Å²) < 4.78 is 0. The number of thiazole rings is 1. The number of aromatic nitrogens is 3. The third-order valence-electron chi connectivity index (χ3n) is 1.76. The molecule has 0 bridgehead atoms. The summed E-state index contributed by atoms with van der Waals surface area (Å²) in [4.78, 5) is 23.4. The Labute approximate surface area is 95.6 Å². The molecule has 0 saturated heterocycles. The Hall–Kier alpha value is -2.02. The van der Waals surface area contributed by atoms with Crippen LogP contribution >= 0.6 is 11.3 Å². The Morgan fingerprint density at radius 1 is 1.50 bits per heavy atom. The second kappa shape index (κ2) is 4.23. The van der Waals surface area contributed by atoms with Crippen LogP contribution in [0.3, 0.4) is 0 Å². The molecule has 6 nitrogen and oxygen atoms in total. The van der Waals surface area contributed by atoms with Gasteiger partial charge >= 0.3 is 0 Å². The van der Waals surface area contributed by atoms with Gasteiger partial charge in [-0.25, -0.2) is 15.0 Å². The molecule has 0 aromatic carbocycles. The third kappa shape index (κ3) is 2.31. The van der Waals surface area contributed by atoms with Crippen molar-refractivity contribution in [3.8, 4) is 0 Å². The highest BCUT2D eigenvalue weighted by atomic mass is 32.1. The molecule has 7 heteroatoms. The quantitative estimate of drug-likeness (QED) is 0.830. The van der Waals surface area contributed by atoms with Crippen LogP contribution in [0, 0.1) is 6.92 Å². The number of anilines is 2. The van der Waals surface area contributed by atoms with Crippen LogP contribution in [-0.2, 0) is 0 Å². The highest BCUT2D eigenvalue weighted by Crippen LogP contribution is 2.20. The Balaban J connectivity index is 2.17. The predicted molar refractivity (Wildman–Crippen MR) is 60.7 cm³/mol. The van der Waals surface area contributed by atoms with Gasteiger partial charge in [0.05, 0.1) is 6.20 Å². The molecule has 0 atom stereocenters. The number of rotatable bonds is 3. The summed E-state index contributed by atoms with van der Waals surface area (Å²) in [5, 5.41) is 3.54. The highest BCUT2D eigenvalue weighted by Gasteiger charge is 2.07. The topological polar surface area (TPSA) is 93.8 Å². The fourth-order valence-corrected chi connectivity index (χ4v) is 1.76. The number of hydrogen-bond donors (Lipinski definition) is 2. The summed E-state index contributed by atoms with van der Waals surface area (Å²) in [6.07, 6.45) is 3.08. The van der Waals surface area contributed by atoms with Gasteiger partial charge in [0.1, 0.15) is 16.5 Å². The number of nitrogens with one attached hydrogen (secondary N) is 1. The number of nitrogens with zero attached hydrogens (tertiary/aromatic N) is 3. The van der Waals surface area contributed by atoms with E-state index in [2.05, 4.69) is 20.3 Å². The summed E-state index contributed by atoms with van der Waals surface area (Å²) in [6, 6.07) is 1.72. The Bertz CT molecular complexity index is 524. The number of nitrogens with two attached hydrogens (primary N) is 1. The summed E-state index contributed by atoms with van der Waals surface area (Å²) in [5.74, 6) is 0.818. The molecular formula is C9H9N5OS. The van der Waals surface area contributed by atoms with E-state index in [-0.39, 0.29) is 0 Å². The summed E-state index contributed by atoms with van der Waals surface area (Å²) in [6.45, 7) is 1.79. The van der Waals surface area contributed by atoms with Gasteiger partial charge < -0.3 is 11.1 Å². The molecule has 2 aromatic heterocycles. The fraction of sp³-hybridized carbons (Fsp3) is 0.111. The molecule has 0 saturated carbocycles. The molecule has 2 aromatic rings. The minimum Gasteiger partial charge on any atom is -0.365 e. The van der Waals surface area contributed by atoms with E-state index in [9.17, 15) is 4.79 Å². The van der Waals surface area contributed by atoms with Crippen LogP contribution in [0.25, 0.3) is 0 Å². The van der Waals surface area contributed by atoms with Gasteiger partial charge in [0, 0.05) is 6.20 Å². The number of carbonyl (C=O) groups is 1. The molecular weight excluding hydrogens is 226 g/mol. The van der Waals surface area contributed by atoms with Gasteiger partial charge in [-0.3, -0.25) is 4.79 Å². The van der Waals surface area contributed by atoms with Crippen LogP contribution < -0.4 is 11.1 Å². The summed E-state index contributed by atoms with van der Waals surface area (Å²) >= 11 is 1.18. The van der Waals surface area contributed by atoms with E-state index >= 15 is 0 Å². The van der Waals surface area contributed by atoms with Gasteiger partial charge in [0.15, 0.2) is 5.13 Å². The van der Waals surface area contributed by atoms with E-state index in [4.69, 9.17) is 5.73 Å². The zero-order chi connectivity index (χ0) is 11.5. The van der Waals surface area contributed by atoms with Crippen molar-refractivity contribution in [2.24, 2.45) is 5.73 Å². The molecule has 3 N–H and O–H groups in total. The highest BCUT2D eigenvalue weighted by molar-refractivity contribution is 7.17. The standard InChI is InChI=1S/C9H9N5OS/c1-5-11-3-2-7(13-5)14-9-12-4-6(16-9)8(10)15/h2-4H,1H3,(H2,10,15)(H,11,12,13,14). The molecule has 0 fully saturated rings. The molecule has 0 radical (unpaired) electrons. The van der Waals surface area contributed by atoms with Gasteiger partial charge in [-0.15, -0.1) is 0 Å². The first-order valence-corrected chi connectivity index (χ1v) is 5.29. The van der Waals surface area contributed by atoms with Gasteiger partial charge in [-0.1, -0.05) is 11.3 Å². The lowest BCUT2D eigenvalue weighted by molar-refractivity contribution is 0.100. The van der Waals surface area contributed by atoms with Gasteiger partial charge in [-0.05, 0) is 13.0 Å². The molecule has 0 aliphatic carbocycles. The van der Waals surface area contributed by atoms with Gasteiger partial charge in [0.2, 0.25) is 0 Å². The first-order valence-electron chi connectivity index (χ1n) is 4.47. The van der Waals surface area contributed by atoms with Crippen molar-refractivity contribution < 1.29 is 4.79 Å². The van der Waals surface area contributed by atoms with E-state index in [0.717, 1.165) is 0 Å². The maximum Gasteiger partial charge on any atom is 0.260 e. The third-order valence-corrected chi connectivity index (χ3v) is 2.69. The first-order chi connectivity index (χ1) is 7.65. The molecule has 0 spiro atoms. The summed E-state index contributed by atoms with van der Waals surface area (Å²) in [7, 11) is 0. The second-order valence-corrected chi connectivity index (χ2v) is 4.04. The summed E-state index contributed by atoms with van der Waals surface area (Å²) in [5.41, 5.74) is 5.12. The van der Waals surface area contributed by atoms with Crippen LogP contribution in [0.2, 0.25) is 0 Å². The lowest BCUT2D eigenvalue weighted by Crippen LogP contribution is -2.08. The van der Waals surface area contributed by atoms with Crippen molar-refractivity contribution in [3.05, 3.63) is 29.2 Å². The minimum absolute atomic E-state index is 0.410. The van der Waals surface area contributed by atoms with Crippen LogP contribution in [0.1, 0.15) is 15.5 Å². The molecule has 82 valence electrons. The van der Waals surface area contributed by atoms with Crippen LogP contribution in [0.15, 0.2) is 18.5 Å². The van der Waals surface area contributed by atoms with Crippen molar-refractivity contribution in [3.63, 3.8) is 0 Å².